The smallest absolute Gasteiger partial charge is 0.237 e. The van der Waals surface area contributed by atoms with Gasteiger partial charge >= 0.3 is 0 Å². The third-order valence-corrected chi connectivity index (χ3v) is 4.32. The van der Waals surface area contributed by atoms with Crippen molar-refractivity contribution >= 4 is 28.2 Å². The first-order chi connectivity index (χ1) is 9.31. The van der Waals surface area contributed by atoms with E-state index in [4.69, 9.17) is 4.52 Å². The number of aromatic nitrogens is 4. The fourth-order valence-corrected chi connectivity index (χ4v) is 3.06. The Morgan fingerprint density at radius 1 is 1.32 bits per heavy atom. The second-order valence-electron chi connectivity index (χ2n) is 3.90. The Kier molecular flexibility index (Phi) is 5.59. The summed E-state index contributed by atoms with van der Waals surface area (Å²) < 4.78 is 6.10. The lowest BCUT2D eigenvalue weighted by Gasteiger charge is -1.92. The minimum atomic E-state index is 0.639. The molecule has 0 saturated carbocycles. The highest BCUT2D eigenvalue weighted by Crippen LogP contribution is 2.27. The summed E-state index contributed by atoms with van der Waals surface area (Å²) in [5.74, 6) is 2.08. The maximum Gasteiger partial charge on any atom is 0.237 e. The first kappa shape index (κ1) is 14.3. The van der Waals surface area contributed by atoms with E-state index < -0.39 is 0 Å². The van der Waals surface area contributed by atoms with Gasteiger partial charge in [0.25, 0.3) is 0 Å². The van der Waals surface area contributed by atoms with Crippen LogP contribution in [0.15, 0.2) is 8.86 Å². The SMILES string of the molecule is CCCCc1noc(CSc2nnc(NCC)s2)n1. The van der Waals surface area contributed by atoms with Gasteiger partial charge in [0.2, 0.25) is 11.0 Å². The van der Waals surface area contributed by atoms with E-state index >= 15 is 0 Å². The highest BCUT2D eigenvalue weighted by Gasteiger charge is 2.09. The van der Waals surface area contributed by atoms with E-state index in [1.165, 1.54) is 11.3 Å². The van der Waals surface area contributed by atoms with Gasteiger partial charge in [-0.2, -0.15) is 4.98 Å². The molecule has 104 valence electrons. The number of nitrogens with zero attached hydrogens (tertiary/aromatic N) is 4. The number of aryl methyl sites for hydroxylation is 1. The molecule has 1 N–H and O–H groups in total. The minimum Gasteiger partial charge on any atom is -0.360 e. The molecule has 0 aliphatic heterocycles. The van der Waals surface area contributed by atoms with Gasteiger partial charge in [0.1, 0.15) is 0 Å². The predicted octanol–water partition coefficient (Wildman–Crippen LogP) is 2.99. The van der Waals surface area contributed by atoms with Gasteiger partial charge in [-0.05, 0) is 13.3 Å². The fraction of sp³-hybridized carbons (Fsp3) is 0.636. The molecular weight excluding hydrogens is 282 g/mol. The molecule has 2 rings (SSSR count). The summed E-state index contributed by atoms with van der Waals surface area (Å²) in [4.78, 5) is 4.35. The van der Waals surface area contributed by atoms with Crippen molar-refractivity contribution in [2.75, 3.05) is 11.9 Å². The fourth-order valence-electron chi connectivity index (χ4n) is 1.40. The van der Waals surface area contributed by atoms with E-state index in [1.807, 2.05) is 6.92 Å². The summed E-state index contributed by atoms with van der Waals surface area (Å²) in [6, 6.07) is 0. The zero-order valence-electron chi connectivity index (χ0n) is 11.0. The average Bonchev–Trinajstić information content (AvgIpc) is 3.03. The van der Waals surface area contributed by atoms with Crippen LogP contribution in [-0.2, 0) is 12.2 Å². The third-order valence-electron chi connectivity index (χ3n) is 2.32. The minimum absolute atomic E-state index is 0.639. The lowest BCUT2D eigenvalue weighted by molar-refractivity contribution is 0.384. The molecule has 0 aliphatic carbocycles. The van der Waals surface area contributed by atoms with Crippen molar-refractivity contribution in [1.82, 2.24) is 20.3 Å². The Labute approximate surface area is 120 Å². The van der Waals surface area contributed by atoms with Crippen LogP contribution >= 0.6 is 23.1 Å². The van der Waals surface area contributed by atoms with Gasteiger partial charge < -0.3 is 9.84 Å². The largest absolute Gasteiger partial charge is 0.360 e. The van der Waals surface area contributed by atoms with Gasteiger partial charge in [-0.25, -0.2) is 0 Å². The molecule has 0 aromatic carbocycles. The van der Waals surface area contributed by atoms with E-state index in [0.717, 1.165) is 41.1 Å². The molecule has 0 atom stereocenters. The summed E-state index contributed by atoms with van der Waals surface area (Å²) in [5, 5.41) is 16.1. The lowest BCUT2D eigenvalue weighted by atomic mass is 10.2. The number of rotatable bonds is 8. The average molecular weight is 299 g/mol. The molecule has 0 radical (unpaired) electrons. The molecule has 8 heteroatoms. The van der Waals surface area contributed by atoms with Crippen LogP contribution in [-0.4, -0.2) is 26.9 Å². The second-order valence-corrected chi connectivity index (χ2v) is 6.10. The summed E-state index contributed by atoms with van der Waals surface area (Å²) >= 11 is 3.10. The van der Waals surface area contributed by atoms with Gasteiger partial charge in [-0.3, -0.25) is 0 Å². The Bertz CT molecular complexity index is 499. The van der Waals surface area contributed by atoms with Crippen molar-refractivity contribution in [3.8, 4) is 0 Å². The zero-order chi connectivity index (χ0) is 13.5. The first-order valence-electron chi connectivity index (χ1n) is 6.33. The van der Waals surface area contributed by atoms with Crippen LogP contribution < -0.4 is 5.32 Å². The standard InChI is InChI=1S/C11H17N5OS2/c1-3-5-6-8-13-9(17-16-8)7-18-11-15-14-10(19-11)12-4-2/h3-7H2,1-2H3,(H,12,14). The molecular formula is C11H17N5OS2. The van der Waals surface area contributed by atoms with Crippen molar-refractivity contribution in [2.45, 2.75) is 43.2 Å². The van der Waals surface area contributed by atoms with Gasteiger partial charge in [0.05, 0.1) is 5.75 Å². The molecule has 0 saturated heterocycles. The van der Waals surface area contributed by atoms with Crippen molar-refractivity contribution in [3.05, 3.63) is 11.7 Å². The molecule has 0 bridgehead atoms. The van der Waals surface area contributed by atoms with Crippen molar-refractivity contribution in [3.63, 3.8) is 0 Å². The Morgan fingerprint density at radius 2 is 2.21 bits per heavy atom. The summed E-state index contributed by atoms with van der Waals surface area (Å²) in [6.45, 7) is 5.03. The second kappa shape index (κ2) is 7.44. The Hall–Kier alpha value is -1.15. The van der Waals surface area contributed by atoms with Crippen LogP contribution in [0.25, 0.3) is 0 Å². The zero-order valence-corrected chi connectivity index (χ0v) is 12.7. The maximum absolute atomic E-state index is 5.20. The van der Waals surface area contributed by atoms with Gasteiger partial charge in [0, 0.05) is 13.0 Å². The third kappa shape index (κ3) is 4.46. The normalized spacial score (nSPS) is 10.8. The molecule has 0 unspecified atom stereocenters. The van der Waals surface area contributed by atoms with Crippen molar-refractivity contribution in [2.24, 2.45) is 0 Å². The van der Waals surface area contributed by atoms with E-state index in [9.17, 15) is 0 Å². The van der Waals surface area contributed by atoms with Crippen molar-refractivity contribution < 1.29 is 4.52 Å². The van der Waals surface area contributed by atoms with E-state index in [0.29, 0.717) is 11.6 Å². The van der Waals surface area contributed by atoms with E-state index in [1.54, 1.807) is 11.8 Å². The van der Waals surface area contributed by atoms with Crippen LogP contribution in [0.5, 0.6) is 0 Å². The quantitative estimate of drug-likeness (QED) is 0.751. The predicted molar refractivity (Wildman–Crippen MR) is 76.5 cm³/mol. The first-order valence-corrected chi connectivity index (χ1v) is 8.13. The molecule has 2 aromatic rings. The number of thioether (sulfide) groups is 1. The topological polar surface area (TPSA) is 76.7 Å². The molecule has 19 heavy (non-hydrogen) atoms. The summed E-state index contributed by atoms with van der Waals surface area (Å²) in [7, 11) is 0. The number of unbranched alkanes of at least 4 members (excludes halogenated alkanes) is 1. The highest BCUT2D eigenvalue weighted by atomic mass is 32.2. The lowest BCUT2D eigenvalue weighted by Crippen LogP contribution is -1.94. The van der Waals surface area contributed by atoms with Crippen LogP contribution in [0.1, 0.15) is 38.4 Å². The number of hydrogen-bond donors (Lipinski definition) is 1. The summed E-state index contributed by atoms with van der Waals surface area (Å²) in [6.07, 6.45) is 3.11. The molecule has 0 aliphatic rings. The van der Waals surface area contributed by atoms with Gasteiger partial charge in [0.15, 0.2) is 10.2 Å². The molecule has 2 heterocycles. The van der Waals surface area contributed by atoms with Crippen LogP contribution in [0.4, 0.5) is 5.13 Å². The monoisotopic (exact) mass is 299 g/mol. The molecule has 0 amide bonds. The van der Waals surface area contributed by atoms with Gasteiger partial charge in [-0.1, -0.05) is 41.6 Å². The van der Waals surface area contributed by atoms with Crippen molar-refractivity contribution in [1.29, 1.82) is 0 Å². The van der Waals surface area contributed by atoms with E-state index in [2.05, 4.69) is 32.6 Å². The highest BCUT2D eigenvalue weighted by molar-refractivity contribution is 8.00. The van der Waals surface area contributed by atoms with Crippen LogP contribution in [0.3, 0.4) is 0 Å². The maximum atomic E-state index is 5.20. The number of anilines is 1. The van der Waals surface area contributed by atoms with Crippen LogP contribution in [0, 0.1) is 0 Å². The van der Waals surface area contributed by atoms with Gasteiger partial charge in [-0.15, -0.1) is 10.2 Å². The Morgan fingerprint density at radius 3 is 3.00 bits per heavy atom. The molecule has 0 fully saturated rings. The summed E-state index contributed by atoms with van der Waals surface area (Å²) in [5.41, 5.74) is 0. The van der Waals surface area contributed by atoms with E-state index in [-0.39, 0.29) is 0 Å². The number of hydrogen-bond acceptors (Lipinski definition) is 8. The molecule has 6 nitrogen and oxygen atoms in total. The van der Waals surface area contributed by atoms with Crippen LogP contribution in [0.2, 0.25) is 0 Å². The molecule has 2 aromatic heterocycles. The number of nitrogens with one attached hydrogen (secondary N) is 1. The molecule has 0 spiro atoms. The Balaban J connectivity index is 1.82.